The van der Waals surface area contributed by atoms with Crippen molar-refractivity contribution in [2.24, 2.45) is 0 Å². The van der Waals surface area contributed by atoms with Crippen LogP contribution in [-0.2, 0) is 0 Å². The minimum atomic E-state index is -0.673. The number of aromatic amines is 1. The van der Waals surface area contributed by atoms with Crippen LogP contribution in [0.5, 0.6) is 0 Å². The molecule has 7 heteroatoms. The van der Waals surface area contributed by atoms with Crippen molar-refractivity contribution < 1.29 is 5.11 Å². The highest BCUT2D eigenvalue weighted by molar-refractivity contribution is 6.30. The fourth-order valence-corrected chi connectivity index (χ4v) is 2.48. The monoisotopic (exact) mass is 356 g/mol. The number of benzene rings is 1. The first kappa shape index (κ1) is 17.1. The number of pyridine rings is 1. The molecule has 6 nitrogen and oxygen atoms in total. The lowest BCUT2D eigenvalue weighted by Crippen LogP contribution is -2.13. The summed E-state index contributed by atoms with van der Waals surface area (Å²) in [4.78, 5) is 22.8. The smallest absolute Gasteiger partial charge is 0.251 e. The van der Waals surface area contributed by atoms with Crippen LogP contribution in [0.25, 0.3) is 11.4 Å². The van der Waals surface area contributed by atoms with Gasteiger partial charge in [0.2, 0.25) is 0 Å². The molecule has 0 fully saturated rings. The first-order valence-corrected chi connectivity index (χ1v) is 8.11. The van der Waals surface area contributed by atoms with Crippen LogP contribution in [0.15, 0.2) is 53.5 Å². The van der Waals surface area contributed by atoms with Crippen molar-refractivity contribution in [3.63, 3.8) is 0 Å². The Labute approximate surface area is 149 Å². The van der Waals surface area contributed by atoms with Gasteiger partial charge in [-0.25, -0.2) is 9.97 Å². The Kier molecular flexibility index (Phi) is 5.11. The molecular weight excluding hydrogens is 340 g/mol. The molecule has 0 aliphatic heterocycles. The van der Waals surface area contributed by atoms with Crippen LogP contribution in [0.1, 0.15) is 17.4 Å². The molecule has 0 amide bonds. The lowest BCUT2D eigenvalue weighted by molar-refractivity contribution is 0.191. The summed E-state index contributed by atoms with van der Waals surface area (Å²) in [6, 6.07) is 12.1. The fourth-order valence-electron chi connectivity index (χ4n) is 2.36. The zero-order valence-corrected chi connectivity index (χ0v) is 14.3. The zero-order chi connectivity index (χ0) is 17.8. The lowest BCUT2D eigenvalue weighted by atomic mass is 10.1. The summed E-state index contributed by atoms with van der Waals surface area (Å²) < 4.78 is 0. The summed E-state index contributed by atoms with van der Waals surface area (Å²) in [5.74, 6) is 1.09. The van der Waals surface area contributed by atoms with Crippen LogP contribution in [0.2, 0.25) is 5.02 Å². The number of aryl methyl sites for hydroxylation is 1. The first-order chi connectivity index (χ1) is 12.0. The molecule has 0 radical (unpaired) electrons. The van der Waals surface area contributed by atoms with E-state index in [1.165, 1.54) is 6.07 Å². The minimum Gasteiger partial charge on any atom is -0.387 e. The predicted octanol–water partition coefficient (Wildman–Crippen LogP) is 2.94. The maximum absolute atomic E-state index is 11.5. The van der Waals surface area contributed by atoms with Crippen molar-refractivity contribution >= 4 is 17.4 Å². The summed E-state index contributed by atoms with van der Waals surface area (Å²) in [5.41, 5.74) is 1.93. The van der Waals surface area contributed by atoms with E-state index >= 15 is 0 Å². The topological polar surface area (TPSA) is 90.9 Å². The van der Waals surface area contributed by atoms with E-state index in [0.29, 0.717) is 34.5 Å². The summed E-state index contributed by atoms with van der Waals surface area (Å²) in [5, 5.41) is 13.9. The molecule has 3 rings (SSSR count). The van der Waals surface area contributed by atoms with E-state index in [1.807, 2.05) is 6.07 Å². The molecule has 25 heavy (non-hydrogen) atoms. The summed E-state index contributed by atoms with van der Waals surface area (Å²) in [7, 11) is 0. The quantitative estimate of drug-likeness (QED) is 0.653. The second kappa shape index (κ2) is 7.46. The van der Waals surface area contributed by atoms with Crippen molar-refractivity contribution in [1.29, 1.82) is 0 Å². The Balaban J connectivity index is 1.66. The molecule has 0 spiro atoms. The van der Waals surface area contributed by atoms with E-state index in [-0.39, 0.29) is 5.56 Å². The number of nitrogens with one attached hydrogen (secondary N) is 2. The fraction of sp³-hybridized carbons (Fsp3) is 0.167. The summed E-state index contributed by atoms with van der Waals surface area (Å²) in [6.07, 6.45) is 0.947. The highest BCUT2D eigenvalue weighted by Crippen LogP contribution is 2.18. The number of hydrogen-bond acceptors (Lipinski definition) is 5. The first-order valence-electron chi connectivity index (χ1n) is 7.73. The van der Waals surface area contributed by atoms with Crippen molar-refractivity contribution in [3.05, 3.63) is 75.3 Å². The van der Waals surface area contributed by atoms with Gasteiger partial charge in [0.15, 0.2) is 0 Å². The molecule has 0 saturated heterocycles. The van der Waals surface area contributed by atoms with Gasteiger partial charge in [0.25, 0.3) is 5.56 Å². The molecule has 2 heterocycles. The molecule has 0 saturated carbocycles. The lowest BCUT2D eigenvalue weighted by Gasteiger charge is -2.13. The van der Waals surface area contributed by atoms with Gasteiger partial charge in [-0.3, -0.25) is 4.79 Å². The van der Waals surface area contributed by atoms with E-state index in [2.05, 4.69) is 20.3 Å². The number of aromatic nitrogens is 3. The number of nitrogens with zero attached hydrogens (tertiary/aromatic N) is 2. The van der Waals surface area contributed by atoms with Gasteiger partial charge in [-0.1, -0.05) is 23.7 Å². The SMILES string of the molecule is Cc1cc(=O)[nH]c(-c2ccc(NCC(O)c3ccc(Cl)cc3)nc2)n1. The van der Waals surface area contributed by atoms with Crippen molar-refractivity contribution in [1.82, 2.24) is 15.0 Å². The van der Waals surface area contributed by atoms with E-state index in [1.54, 1.807) is 43.5 Å². The summed E-state index contributed by atoms with van der Waals surface area (Å²) >= 11 is 5.84. The maximum atomic E-state index is 11.5. The van der Waals surface area contributed by atoms with Gasteiger partial charge >= 0.3 is 0 Å². The molecule has 0 aliphatic carbocycles. The van der Waals surface area contributed by atoms with Crippen LogP contribution in [-0.4, -0.2) is 26.6 Å². The van der Waals surface area contributed by atoms with Crippen LogP contribution < -0.4 is 10.9 Å². The largest absolute Gasteiger partial charge is 0.387 e. The Morgan fingerprint density at radius 3 is 2.64 bits per heavy atom. The second-order valence-electron chi connectivity index (χ2n) is 5.62. The molecule has 1 aromatic carbocycles. The minimum absolute atomic E-state index is 0.198. The molecular formula is C18H17ClN4O2. The molecule has 1 unspecified atom stereocenters. The number of H-pyrrole nitrogens is 1. The van der Waals surface area contributed by atoms with Gasteiger partial charge < -0.3 is 15.4 Å². The average molecular weight is 357 g/mol. The van der Waals surface area contributed by atoms with Gasteiger partial charge in [-0.15, -0.1) is 0 Å². The highest BCUT2D eigenvalue weighted by atomic mass is 35.5. The molecule has 0 aliphatic rings. The number of rotatable bonds is 5. The van der Waals surface area contributed by atoms with Crippen LogP contribution in [0, 0.1) is 6.92 Å². The van der Waals surface area contributed by atoms with Gasteiger partial charge in [0, 0.05) is 35.1 Å². The predicted molar refractivity (Wildman–Crippen MR) is 97.7 cm³/mol. The highest BCUT2D eigenvalue weighted by Gasteiger charge is 2.08. The average Bonchev–Trinajstić information content (AvgIpc) is 2.60. The Morgan fingerprint density at radius 2 is 2.00 bits per heavy atom. The van der Waals surface area contributed by atoms with Crippen LogP contribution >= 0.6 is 11.6 Å². The maximum Gasteiger partial charge on any atom is 0.251 e. The van der Waals surface area contributed by atoms with E-state index < -0.39 is 6.10 Å². The molecule has 3 aromatic rings. The number of aliphatic hydroxyl groups excluding tert-OH is 1. The Morgan fingerprint density at radius 1 is 1.24 bits per heavy atom. The van der Waals surface area contributed by atoms with Crippen LogP contribution in [0.3, 0.4) is 0 Å². The number of anilines is 1. The Bertz CT molecular complexity index is 908. The molecule has 128 valence electrons. The number of hydrogen-bond donors (Lipinski definition) is 3. The summed E-state index contributed by atoms with van der Waals surface area (Å²) in [6.45, 7) is 2.08. The second-order valence-corrected chi connectivity index (χ2v) is 6.05. The Hall–Kier alpha value is -2.70. The zero-order valence-electron chi connectivity index (χ0n) is 13.5. The van der Waals surface area contributed by atoms with Crippen molar-refractivity contribution in [2.45, 2.75) is 13.0 Å². The molecule has 3 N–H and O–H groups in total. The number of halogens is 1. The van der Waals surface area contributed by atoms with Gasteiger partial charge in [-0.05, 0) is 36.8 Å². The van der Waals surface area contributed by atoms with Crippen molar-refractivity contribution in [2.75, 3.05) is 11.9 Å². The van der Waals surface area contributed by atoms with Gasteiger partial charge in [0.05, 0.1) is 6.10 Å². The third-order valence-electron chi connectivity index (χ3n) is 3.64. The van der Waals surface area contributed by atoms with E-state index in [0.717, 1.165) is 5.56 Å². The third-order valence-corrected chi connectivity index (χ3v) is 3.89. The third kappa shape index (κ3) is 4.43. The van der Waals surface area contributed by atoms with Gasteiger partial charge in [0.1, 0.15) is 11.6 Å². The molecule has 2 aromatic heterocycles. The molecule has 1 atom stereocenters. The van der Waals surface area contributed by atoms with E-state index in [9.17, 15) is 9.90 Å². The van der Waals surface area contributed by atoms with Crippen LogP contribution in [0.4, 0.5) is 5.82 Å². The number of aliphatic hydroxyl groups is 1. The van der Waals surface area contributed by atoms with Crippen molar-refractivity contribution in [3.8, 4) is 11.4 Å². The molecule has 0 bridgehead atoms. The van der Waals surface area contributed by atoms with Gasteiger partial charge in [-0.2, -0.15) is 0 Å². The standard InChI is InChI=1S/C18H17ClN4O2/c1-11-8-17(25)23-18(22-11)13-4-7-16(20-9-13)21-10-15(24)12-2-5-14(19)6-3-12/h2-9,15,24H,10H2,1H3,(H,20,21)(H,22,23,25). The normalized spacial score (nSPS) is 12.0. The van der Waals surface area contributed by atoms with E-state index in [4.69, 9.17) is 11.6 Å².